The number of hydrogen-bond acceptors (Lipinski definition) is 3. The molecule has 0 fully saturated rings. The number of non-ortho nitro benzene ring substituents is 1. The lowest BCUT2D eigenvalue weighted by Crippen LogP contribution is -2.06. The van der Waals surface area contributed by atoms with Crippen molar-refractivity contribution in [2.45, 2.75) is 6.92 Å². The SMILES string of the molecule is CC(=Nc1ccc([N+](=O)[O-])cc1)Nc1ccc(Cl)cc1. The molecule has 2 aromatic carbocycles. The Labute approximate surface area is 121 Å². The maximum atomic E-state index is 10.5. The van der Waals surface area contributed by atoms with E-state index >= 15 is 0 Å². The van der Waals surface area contributed by atoms with Crippen molar-refractivity contribution in [2.75, 3.05) is 5.32 Å². The van der Waals surface area contributed by atoms with Crippen molar-refractivity contribution < 1.29 is 4.92 Å². The fraction of sp³-hybridized carbons (Fsp3) is 0.0714. The molecule has 0 aromatic heterocycles. The zero-order chi connectivity index (χ0) is 14.5. The summed E-state index contributed by atoms with van der Waals surface area (Å²) in [5, 5.41) is 14.3. The van der Waals surface area contributed by atoms with Crippen LogP contribution in [0.5, 0.6) is 0 Å². The van der Waals surface area contributed by atoms with Gasteiger partial charge in [-0.1, -0.05) is 11.6 Å². The monoisotopic (exact) mass is 289 g/mol. The average molecular weight is 290 g/mol. The first-order chi connectivity index (χ1) is 9.54. The molecule has 102 valence electrons. The van der Waals surface area contributed by atoms with Gasteiger partial charge in [-0.2, -0.15) is 0 Å². The van der Waals surface area contributed by atoms with Crippen molar-refractivity contribution in [3.05, 3.63) is 63.7 Å². The van der Waals surface area contributed by atoms with Gasteiger partial charge in [-0.15, -0.1) is 0 Å². The molecule has 0 saturated carbocycles. The van der Waals surface area contributed by atoms with Crippen LogP contribution in [-0.4, -0.2) is 10.8 Å². The number of nitrogens with one attached hydrogen (secondary N) is 1. The van der Waals surface area contributed by atoms with Crippen molar-refractivity contribution in [2.24, 2.45) is 4.99 Å². The van der Waals surface area contributed by atoms with Crippen LogP contribution >= 0.6 is 11.6 Å². The summed E-state index contributed by atoms with van der Waals surface area (Å²) in [4.78, 5) is 14.4. The van der Waals surface area contributed by atoms with Crippen LogP contribution in [0.2, 0.25) is 5.02 Å². The molecule has 0 saturated heterocycles. The number of halogens is 1. The lowest BCUT2D eigenvalue weighted by Gasteiger charge is -2.05. The van der Waals surface area contributed by atoms with E-state index in [9.17, 15) is 10.1 Å². The van der Waals surface area contributed by atoms with Crippen molar-refractivity contribution in [3.63, 3.8) is 0 Å². The Morgan fingerprint density at radius 3 is 2.30 bits per heavy atom. The topological polar surface area (TPSA) is 67.5 Å². The molecule has 0 radical (unpaired) electrons. The van der Waals surface area contributed by atoms with Gasteiger partial charge in [-0.25, -0.2) is 4.99 Å². The molecule has 2 aromatic rings. The molecule has 5 nitrogen and oxygen atoms in total. The van der Waals surface area contributed by atoms with Crippen LogP contribution < -0.4 is 5.32 Å². The van der Waals surface area contributed by atoms with E-state index in [4.69, 9.17) is 11.6 Å². The summed E-state index contributed by atoms with van der Waals surface area (Å²) in [5.74, 6) is 0.682. The van der Waals surface area contributed by atoms with Gasteiger partial charge in [0.15, 0.2) is 0 Å². The van der Waals surface area contributed by atoms with E-state index in [0.29, 0.717) is 16.5 Å². The number of hydrogen-bond donors (Lipinski definition) is 1. The first-order valence-electron chi connectivity index (χ1n) is 5.87. The van der Waals surface area contributed by atoms with Gasteiger partial charge in [0.1, 0.15) is 5.84 Å². The van der Waals surface area contributed by atoms with E-state index in [1.165, 1.54) is 12.1 Å². The quantitative estimate of drug-likeness (QED) is 0.394. The second-order valence-electron chi connectivity index (χ2n) is 4.10. The first kappa shape index (κ1) is 14.0. The third-order valence-corrected chi connectivity index (χ3v) is 2.78. The van der Waals surface area contributed by atoms with E-state index in [1.54, 1.807) is 24.3 Å². The molecule has 1 N–H and O–H groups in total. The molecule has 0 atom stereocenters. The number of nitro benzene ring substituents is 1. The van der Waals surface area contributed by atoms with E-state index in [0.717, 1.165) is 5.69 Å². The molecule has 0 bridgehead atoms. The normalized spacial score (nSPS) is 11.2. The molecule has 2 rings (SSSR count). The summed E-state index contributed by atoms with van der Waals surface area (Å²) in [6.45, 7) is 1.82. The van der Waals surface area contributed by atoms with Crippen LogP contribution in [0.1, 0.15) is 6.92 Å². The van der Waals surface area contributed by atoms with E-state index in [-0.39, 0.29) is 5.69 Å². The lowest BCUT2D eigenvalue weighted by atomic mass is 10.3. The van der Waals surface area contributed by atoms with Crippen LogP contribution in [-0.2, 0) is 0 Å². The second-order valence-corrected chi connectivity index (χ2v) is 4.54. The molecule has 0 amide bonds. The fourth-order valence-electron chi connectivity index (χ4n) is 1.61. The van der Waals surface area contributed by atoms with Gasteiger partial charge in [0.2, 0.25) is 0 Å². The smallest absolute Gasteiger partial charge is 0.269 e. The predicted molar refractivity (Wildman–Crippen MR) is 80.9 cm³/mol. The second kappa shape index (κ2) is 6.16. The number of aliphatic imine (C=N–C) groups is 1. The van der Waals surface area contributed by atoms with Crippen molar-refractivity contribution in [1.29, 1.82) is 0 Å². The van der Waals surface area contributed by atoms with Gasteiger partial charge >= 0.3 is 0 Å². The van der Waals surface area contributed by atoms with Gasteiger partial charge < -0.3 is 5.32 Å². The summed E-state index contributed by atoms with van der Waals surface area (Å²) in [6.07, 6.45) is 0. The maximum absolute atomic E-state index is 10.5. The molecule has 0 heterocycles. The Bertz CT molecular complexity index is 636. The van der Waals surface area contributed by atoms with E-state index in [1.807, 2.05) is 19.1 Å². The van der Waals surface area contributed by atoms with Gasteiger partial charge in [0, 0.05) is 22.8 Å². The van der Waals surface area contributed by atoms with Gasteiger partial charge in [0.25, 0.3) is 5.69 Å². The Hall–Kier alpha value is -2.40. The van der Waals surface area contributed by atoms with Gasteiger partial charge in [0.05, 0.1) is 10.6 Å². The molecular weight excluding hydrogens is 278 g/mol. The Morgan fingerprint density at radius 1 is 1.15 bits per heavy atom. The number of anilines is 1. The summed E-state index contributed by atoms with van der Waals surface area (Å²) in [5.41, 5.74) is 1.57. The summed E-state index contributed by atoms with van der Waals surface area (Å²) < 4.78 is 0. The van der Waals surface area contributed by atoms with Crippen LogP contribution in [0.25, 0.3) is 0 Å². The molecule has 0 spiro atoms. The molecular formula is C14H12ClN3O2. The number of nitro groups is 1. The standard InChI is InChI=1S/C14H12ClN3O2/c1-10(16-12-4-2-11(15)3-5-12)17-13-6-8-14(9-7-13)18(19)20/h2-9H,1H3,(H,16,17). The molecule has 0 unspecified atom stereocenters. The highest BCUT2D eigenvalue weighted by molar-refractivity contribution is 6.30. The Balaban J connectivity index is 2.09. The Morgan fingerprint density at radius 2 is 1.75 bits per heavy atom. The van der Waals surface area contributed by atoms with E-state index in [2.05, 4.69) is 10.3 Å². The number of nitrogens with zero attached hydrogens (tertiary/aromatic N) is 2. The minimum absolute atomic E-state index is 0.0484. The number of rotatable bonds is 3. The van der Waals surface area contributed by atoms with Crippen molar-refractivity contribution >= 4 is 34.5 Å². The van der Waals surface area contributed by atoms with Crippen LogP contribution in [0.4, 0.5) is 17.1 Å². The molecule has 0 aliphatic heterocycles. The minimum Gasteiger partial charge on any atom is -0.344 e. The lowest BCUT2D eigenvalue weighted by molar-refractivity contribution is -0.384. The van der Waals surface area contributed by atoms with Gasteiger partial charge in [-0.3, -0.25) is 10.1 Å². The maximum Gasteiger partial charge on any atom is 0.269 e. The highest BCUT2D eigenvalue weighted by Crippen LogP contribution is 2.19. The summed E-state index contributed by atoms with van der Waals surface area (Å²) in [6, 6.07) is 13.3. The zero-order valence-electron chi connectivity index (χ0n) is 10.7. The highest BCUT2D eigenvalue weighted by atomic mass is 35.5. The third kappa shape index (κ3) is 3.80. The minimum atomic E-state index is -0.438. The predicted octanol–water partition coefficient (Wildman–Crippen LogP) is 4.41. The molecule has 20 heavy (non-hydrogen) atoms. The number of amidine groups is 1. The highest BCUT2D eigenvalue weighted by Gasteiger charge is 2.03. The molecule has 0 aliphatic rings. The van der Waals surface area contributed by atoms with Crippen molar-refractivity contribution in [3.8, 4) is 0 Å². The largest absolute Gasteiger partial charge is 0.344 e. The third-order valence-electron chi connectivity index (χ3n) is 2.53. The molecule has 0 aliphatic carbocycles. The van der Waals surface area contributed by atoms with Crippen LogP contribution in [0.15, 0.2) is 53.5 Å². The molecule has 6 heteroatoms. The Kier molecular flexibility index (Phi) is 4.32. The fourth-order valence-corrected chi connectivity index (χ4v) is 1.74. The first-order valence-corrected chi connectivity index (χ1v) is 6.25. The number of benzene rings is 2. The van der Waals surface area contributed by atoms with Gasteiger partial charge in [-0.05, 0) is 43.3 Å². The summed E-state index contributed by atoms with van der Waals surface area (Å²) in [7, 11) is 0. The average Bonchev–Trinajstić information content (AvgIpc) is 2.42. The zero-order valence-corrected chi connectivity index (χ0v) is 11.5. The van der Waals surface area contributed by atoms with Crippen molar-refractivity contribution in [1.82, 2.24) is 0 Å². The van der Waals surface area contributed by atoms with Crippen LogP contribution in [0.3, 0.4) is 0 Å². The van der Waals surface area contributed by atoms with E-state index < -0.39 is 4.92 Å². The summed E-state index contributed by atoms with van der Waals surface area (Å²) >= 11 is 5.81. The van der Waals surface area contributed by atoms with Crippen LogP contribution in [0, 0.1) is 10.1 Å².